The topological polar surface area (TPSA) is 105 Å². The average Bonchev–Trinajstić information content (AvgIpc) is 2.92. The lowest BCUT2D eigenvalue weighted by atomic mass is 9.82. The number of nitrogens with zero attached hydrogens (tertiary/aromatic N) is 1. The number of rotatable bonds is 6. The minimum atomic E-state index is -0.917. The van der Waals surface area contributed by atoms with Crippen molar-refractivity contribution >= 4 is 23.8 Å². The molecule has 1 spiro atoms. The van der Waals surface area contributed by atoms with Crippen LogP contribution in [-0.4, -0.2) is 41.0 Å². The zero-order valence-electron chi connectivity index (χ0n) is 15.9. The number of hydrazine groups is 1. The van der Waals surface area contributed by atoms with Crippen molar-refractivity contribution in [1.82, 2.24) is 15.8 Å². The largest absolute Gasteiger partial charge is 0.455 e. The van der Waals surface area contributed by atoms with Crippen LogP contribution in [0.3, 0.4) is 0 Å². The van der Waals surface area contributed by atoms with Crippen molar-refractivity contribution in [2.45, 2.75) is 56.9 Å². The molecular formula is C20H25N3O5. The first-order chi connectivity index (χ1) is 13.5. The summed E-state index contributed by atoms with van der Waals surface area (Å²) in [6.07, 6.45) is 4.38. The molecule has 150 valence electrons. The van der Waals surface area contributed by atoms with Gasteiger partial charge in [-0.05, 0) is 24.8 Å². The number of carbonyl (C=O) groups is 4. The molecule has 0 aromatic heterocycles. The third-order valence-electron chi connectivity index (χ3n) is 5.35. The molecule has 4 amide bonds. The molecule has 28 heavy (non-hydrogen) atoms. The van der Waals surface area contributed by atoms with Crippen LogP contribution in [0.5, 0.6) is 0 Å². The SMILES string of the molecule is CC[C@H](C(=O)OCC(=O)NN1C(=O)NC2(CCCCC2)C1=O)c1ccccc1. The summed E-state index contributed by atoms with van der Waals surface area (Å²) in [6.45, 7) is 1.29. The summed E-state index contributed by atoms with van der Waals surface area (Å²) >= 11 is 0. The Morgan fingerprint density at radius 1 is 1.18 bits per heavy atom. The number of imide groups is 1. The van der Waals surface area contributed by atoms with Crippen LogP contribution in [0.4, 0.5) is 4.79 Å². The van der Waals surface area contributed by atoms with E-state index in [-0.39, 0.29) is 0 Å². The van der Waals surface area contributed by atoms with Crippen molar-refractivity contribution in [2.75, 3.05) is 6.61 Å². The first kappa shape index (κ1) is 19.9. The molecule has 1 aromatic carbocycles. The lowest BCUT2D eigenvalue weighted by Gasteiger charge is -2.30. The maximum atomic E-state index is 12.6. The molecule has 0 bridgehead atoms. The van der Waals surface area contributed by atoms with Gasteiger partial charge in [-0.2, -0.15) is 5.01 Å². The van der Waals surface area contributed by atoms with Gasteiger partial charge < -0.3 is 10.1 Å². The molecular weight excluding hydrogens is 362 g/mol. The number of ether oxygens (including phenoxy) is 1. The number of hydrogen-bond acceptors (Lipinski definition) is 5. The molecule has 8 nitrogen and oxygen atoms in total. The fourth-order valence-corrected chi connectivity index (χ4v) is 3.83. The van der Waals surface area contributed by atoms with Gasteiger partial charge in [0.25, 0.3) is 11.8 Å². The van der Waals surface area contributed by atoms with Crippen LogP contribution in [0.15, 0.2) is 30.3 Å². The van der Waals surface area contributed by atoms with Gasteiger partial charge in [0.05, 0.1) is 5.92 Å². The lowest BCUT2D eigenvalue weighted by Crippen LogP contribution is -2.51. The predicted molar refractivity (Wildman–Crippen MR) is 99.8 cm³/mol. The lowest BCUT2D eigenvalue weighted by molar-refractivity contribution is -0.152. The second-order valence-corrected chi connectivity index (χ2v) is 7.23. The van der Waals surface area contributed by atoms with Crippen LogP contribution in [0, 0.1) is 0 Å². The van der Waals surface area contributed by atoms with Crippen molar-refractivity contribution in [3.05, 3.63) is 35.9 Å². The minimum absolute atomic E-state index is 0.451. The summed E-state index contributed by atoms with van der Waals surface area (Å²) in [4.78, 5) is 49.2. The maximum Gasteiger partial charge on any atom is 0.344 e. The Bertz CT molecular complexity index is 758. The maximum absolute atomic E-state index is 12.6. The molecule has 1 atom stereocenters. The van der Waals surface area contributed by atoms with E-state index in [1.165, 1.54) is 0 Å². The molecule has 2 fully saturated rings. The third kappa shape index (κ3) is 4.00. The quantitative estimate of drug-likeness (QED) is 0.574. The minimum Gasteiger partial charge on any atom is -0.455 e. The summed E-state index contributed by atoms with van der Waals surface area (Å²) < 4.78 is 5.11. The van der Waals surface area contributed by atoms with E-state index >= 15 is 0 Å². The van der Waals surface area contributed by atoms with Crippen molar-refractivity contribution in [3.63, 3.8) is 0 Å². The molecule has 2 N–H and O–H groups in total. The number of nitrogens with one attached hydrogen (secondary N) is 2. The highest BCUT2D eigenvalue weighted by Gasteiger charge is 2.52. The molecule has 1 saturated heterocycles. The van der Waals surface area contributed by atoms with Crippen LogP contribution in [0.1, 0.15) is 56.9 Å². The molecule has 0 radical (unpaired) electrons. The van der Waals surface area contributed by atoms with Crippen molar-refractivity contribution in [3.8, 4) is 0 Å². The summed E-state index contributed by atoms with van der Waals surface area (Å²) in [6, 6.07) is 8.51. The normalized spacial score (nSPS) is 19.2. The molecule has 1 saturated carbocycles. The Morgan fingerprint density at radius 3 is 2.50 bits per heavy atom. The summed E-state index contributed by atoms with van der Waals surface area (Å²) in [5, 5.41) is 3.41. The van der Waals surface area contributed by atoms with E-state index in [9.17, 15) is 19.2 Å². The van der Waals surface area contributed by atoms with Gasteiger partial charge in [0.1, 0.15) is 5.54 Å². The summed E-state index contributed by atoms with van der Waals surface area (Å²) in [5.74, 6) is -2.18. The van der Waals surface area contributed by atoms with Crippen LogP contribution in [-0.2, 0) is 19.1 Å². The standard InChI is InChI=1S/C20H25N3O5/c1-2-15(14-9-5-3-6-10-14)17(25)28-13-16(24)22-23-18(26)20(21-19(23)27)11-7-4-8-12-20/h3,5-6,9-10,15H,2,4,7-8,11-13H2,1H3,(H,21,27)(H,22,24)/t15-/m0/s1. The van der Waals surface area contributed by atoms with E-state index in [1.807, 2.05) is 37.3 Å². The van der Waals surface area contributed by atoms with Crippen molar-refractivity contribution in [2.24, 2.45) is 0 Å². The molecule has 1 heterocycles. The van der Waals surface area contributed by atoms with E-state index in [0.29, 0.717) is 24.3 Å². The molecule has 1 aromatic rings. The third-order valence-corrected chi connectivity index (χ3v) is 5.35. The predicted octanol–water partition coefficient (Wildman–Crippen LogP) is 2.01. The number of esters is 1. The van der Waals surface area contributed by atoms with Crippen LogP contribution < -0.4 is 10.7 Å². The Morgan fingerprint density at radius 2 is 1.86 bits per heavy atom. The highest BCUT2D eigenvalue weighted by molar-refractivity contribution is 6.08. The zero-order chi connectivity index (χ0) is 20.1. The number of benzene rings is 1. The molecule has 1 aliphatic carbocycles. The van der Waals surface area contributed by atoms with E-state index in [0.717, 1.165) is 24.8 Å². The van der Waals surface area contributed by atoms with Gasteiger partial charge >= 0.3 is 12.0 Å². The van der Waals surface area contributed by atoms with E-state index < -0.39 is 41.9 Å². The van der Waals surface area contributed by atoms with Gasteiger partial charge in [0.2, 0.25) is 0 Å². The Kier molecular flexibility index (Phi) is 5.96. The van der Waals surface area contributed by atoms with Gasteiger partial charge in [-0.15, -0.1) is 0 Å². The van der Waals surface area contributed by atoms with Crippen LogP contribution >= 0.6 is 0 Å². The van der Waals surface area contributed by atoms with Crippen molar-refractivity contribution < 1.29 is 23.9 Å². The number of urea groups is 1. The first-order valence-corrected chi connectivity index (χ1v) is 9.64. The number of hydrogen-bond donors (Lipinski definition) is 2. The molecule has 2 aliphatic rings. The zero-order valence-corrected chi connectivity index (χ0v) is 15.9. The smallest absolute Gasteiger partial charge is 0.344 e. The van der Waals surface area contributed by atoms with Crippen LogP contribution in [0.25, 0.3) is 0 Å². The van der Waals surface area contributed by atoms with E-state index in [1.54, 1.807) is 0 Å². The Hall–Kier alpha value is -2.90. The monoisotopic (exact) mass is 387 g/mol. The van der Waals surface area contributed by atoms with Crippen LogP contribution in [0.2, 0.25) is 0 Å². The van der Waals surface area contributed by atoms with Gasteiger partial charge in [-0.3, -0.25) is 19.8 Å². The number of amides is 4. The second kappa shape index (κ2) is 8.41. The Labute approximate surface area is 163 Å². The summed E-state index contributed by atoms with van der Waals surface area (Å²) in [7, 11) is 0. The highest BCUT2D eigenvalue weighted by atomic mass is 16.5. The van der Waals surface area contributed by atoms with Gasteiger partial charge in [-0.25, -0.2) is 4.79 Å². The van der Waals surface area contributed by atoms with E-state index in [2.05, 4.69) is 10.7 Å². The van der Waals surface area contributed by atoms with Gasteiger partial charge in [0, 0.05) is 0 Å². The fraction of sp³-hybridized carbons (Fsp3) is 0.500. The first-order valence-electron chi connectivity index (χ1n) is 9.64. The molecule has 1 aliphatic heterocycles. The molecule has 3 rings (SSSR count). The van der Waals surface area contributed by atoms with Gasteiger partial charge in [-0.1, -0.05) is 56.5 Å². The van der Waals surface area contributed by atoms with Gasteiger partial charge in [0.15, 0.2) is 6.61 Å². The van der Waals surface area contributed by atoms with E-state index in [4.69, 9.17) is 4.74 Å². The average molecular weight is 387 g/mol. The number of carbonyl (C=O) groups excluding carboxylic acids is 4. The molecule has 8 heteroatoms. The summed E-state index contributed by atoms with van der Waals surface area (Å²) in [5.41, 5.74) is 2.15. The fourth-order valence-electron chi connectivity index (χ4n) is 3.83. The highest BCUT2D eigenvalue weighted by Crippen LogP contribution is 2.33. The Balaban J connectivity index is 1.55. The molecule has 0 unspecified atom stereocenters. The second-order valence-electron chi connectivity index (χ2n) is 7.23. The van der Waals surface area contributed by atoms with Crippen molar-refractivity contribution in [1.29, 1.82) is 0 Å².